The lowest BCUT2D eigenvalue weighted by Gasteiger charge is -2.32. The third kappa shape index (κ3) is 4.29. The molecule has 1 saturated carbocycles. The highest BCUT2D eigenvalue weighted by Gasteiger charge is 2.26. The number of hydrogen-bond acceptors (Lipinski definition) is 3. The van der Waals surface area contributed by atoms with Crippen molar-refractivity contribution in [2.24, 2.45) is 17.6 Å². The van der Waals surface area contributed by atoms with E-state index in [1.807, 2.05) is 11.3 Å². The third-order valence-electron chi connectivity index (χ3n) is 4.95. The maximum atomic E-state index is 6.45. The van der Waals surface area contributed by atoms with Gasteiger partial charge in [0.15, 0.2) is 0 Å². The van der Waals surface area contributed by atoms with Crippen molar-refractivity contribution in [1.29, 1.82) is 0 Å². The van der Waals surface area contributed by atoms with Crippen LogP contribution in [0.4, 0.5) is 0 Å². The van der Waals surface area contributed by atoms with E-state index in [1.54, 1.807) is 0 Å². The number of rotatable bonds is 6. The van der Waals surface area contributed by atoms with Gasteiger partial charge in [0.1, 0.15) is 0 Å². The molecule has 1 unspecified atom stereocenters. The van der Waals surface area contributed by atoms with Crippen LogP contribution in [0.3, 0.4) is 0 Å². The molecule has 1 aliphatic rings. The number of nitrogens with two attached hydrogens (primary N) is 1. The Balaban J connectivity index is 1.78. The molecule has 0 aliphatic heterocycles. The molecule has 0 radical (unpaired) electrons. The lowest BCUT2D eigenvalue weighted by Crippen LogP contribution is -2.34. The van der Waals surface area contributed by atoms with Crippen molar-refractivity contribution in [1.82, 2.24) is 4.98 Å². The number of thiazole rings is 1. The van der Waals surface area contributed by atoms with Crippen molar-refractivity contribution in [3.05, 3.63) is 15.6 Å². The van der Waals surface area contributed by atoms with Crippen LogP contribution in [0.2, 0.25) is 0 Å². The van der Waals surface area contributed by atoms with Crippen LogP contribution in [0.15, 0.2) is 0 Å². The first kappa shape index (κ1) is 16.0. The topological polar surface area (TPSA) is 38.9 Å². The Labute approximate surface area is 128 Å². The van der Waals surface area contributed by atoms with E-state index in [0.29, 0.717) is 6.04 Å². The van der Waals surface area contributed by atoms with Crippen LogP contribution < -0.4 is 5.73 Å². The molecule has 0 bridgehead atoms. The smallest absolute Gasteiger partial charge is 0.0946 e. The molecule has 0 aromatic carbocycles. The van der Waals surface area contributed by atoms with Gasteiger partial charge >= 0.3 is 0 Å². The van der Waals surface area contributed by atoms with Crippen molar-refractivity contribution in [2.75, 3.05) is 0 Å². The maximum absolute atomic E-state index is 6.45. The van der Waals surface area contributed by atoms with Crippen molar-refractivity contribution in [2.45, 2.75) is 78.2 Å². The van der Waals surface area contributed by atoms with Crippen molar-refractivity contribution in [3.8, 4) is 0 Å². The Morgan fingerprint density at radius 2 is 1.95 bits per heavy atom. The molecule has 1 fully saturated rings. The molecule has 2 nitrogen and oxygen atoms in total. The second kappa shape index (κ2) is 7.56. The summed E-state index contributed by atoms with van der Waals surface area (Å²) >= 11 is 1.83. The van der Waals surface area contributed by atoms with Gasteiger partial charge < -0.3 is 5.73 Å². The van der Waals surface area contributed by atoms with Gasteiger partial charge in [-0.3, -0.25) is 0 Å². The summed E-state index contributed by atoms with van der Waals surface area (Å²) in [4.78, 5) is 5.98. The summed E-state index contributed by atoms with van der Waals surface area (Å²) in [5.41, 5.74) is 7.63. The molecule has 2 rings (SSSR count). The zero-order chi connectivity index (χ0) is 14.5. The fourth-order valence-corrected chi connectivity index (χ4v) is 4.40. The molecule has 20 heavy (non-hydrogen) atoms. The molecular formula is C17H30N2S. The molecule has 1 heterocycles. The van der Waals surface area contributed by atoms with Crippen LogP contribution in [-0.2, 0) is 6.42 Å². The first-order valence-electron chi connectivity index (χ1n) is 8.28. The van der Waals surface area contributed by atoms with Crippen LogP contribution in [0.1, 0.15) is 67.4 Å². The summed E-state index contributed by atoms with van der Waals surface area (Å²) in [7, 11) is 0. The van der Waals surface area contributed by atoms with E-state index in [1.165, 1.54) is 60.5 Å². The monoisotopic (exact) mass is 294 g/mol. The van der Waals surface area contributed by atoms with Crippen molar-refractivity contribution < 1.29 is 0 Å². The molecule has 3 heteroatoms. The third-order valence-corrected chi connectivity index (χ3v) is 6.04. The van der Waals surface area contributed by atoms with Crippen molar-refractivity contribution >= 4 is 11.3 Å². The first-order valence-corrected chi connectivity index (χ1v) is 9.10. The van der Waals surface area contributed by atoms with E-state index in [0.717, 1.165) is 18.3 Å². The van der Waals surface area contributed by atoms with Gasteiger partial charge in [0.2, 0.25) is 0 Å². The predicted molar refractivity (Wildman–Crippen MR) is 88.2 cm³/mol. The number of aromatic nitrogens is 1. The Hall–Kier alpha value is -0.410. The van der Waals surface area contributed by atoms with Crippen LogP contribution in [0, 0.1) is 25.7 Å². The minimum Gasteiger partial charge on any atom is -0.327 e. The van der Waals surface area contributed by atoms with E-state index < -0.39 is 0 Å². The van der Waals surface area contributed by atoms with Gasteiger partial charge in [-0.25, -0.2) is 4.98 Å². The van der Waals surface area contributed by atoms with Gasteiger partial charge in [-0.2, -0.15) is 0 Å². The zero-order valence-corrected chi connectivity index (χ0v) is 14.1. The fraction of sp³-hybridized carbons (Fsp3) is 0.824. The summed E-state index contributed by atoms with van der Waals surface area (Å²) in [6, 6.07) is 0.312. The van der Waals surface area contributed by atoms with E-state index in [-0.39, 0.29) is 0 Å². The summed E-state index contributed by atoms with van der Waals surface area (Å²) < 4.78 is 0. The molecule has 1 aromatic heterocycles. The molecule has 0 amide bonds. The van der Waals surface area contributed by atoms with Gasteiger partial charge in [-0.1, -0.05) is 39.0 Å². The quantitative estimate of drug-likeness (QED) is 0.831. The first-order chi connectivity index (χ1) is 9.60. The van der Waals surface area contributed by atoms with Gasteiger partial charge in [-0.15, -0.1) is 11.3 Å². The number of unbranched alkanes of at least 4 members (excludes halogenated alkanes) is 1. The Kier molecular flexibility index (Phi) is 6.03. The Morgan fingerprint density at radius 1 is 1.25 bits per heavy atom. The summed E-state index contributed by atoms with van der Waals surface area (Å²) in [6.07, 6.45) is 10.6. The number of aryl methyl sites for hydroxylation is 2. The average molecular weight is 295 g/mol. The highest BCUT2D eigenvalue weighted by molar-refractivity contribution is 7.11. The SMILES string of the molecule is CCCCC1CCC(C(N)Cc2nc(C)c(C)s2)CC1. The molecule has 0 saturated heterocycles. The summed E-state index contributed by atoms with van der Waals surface area (Å²) in [6.45, 7) is 6.54. The maximum Gasteiger partial charge on any atom is 0.0946 e. The molecule has 1 aromatic rings. The van der Waals surface area contributed by atoms with Crippen LogP contribution in [0.5, 0.6) is 0 Å². The molecule has 2 N–H and O–H groups in total. The van der Waals surface area contributed by atoms with Crippen LogP contribution >= 0.6 is 11.3 Å². The molecule has 1 atom stereocenters. The molecule has 0 spiro atoms. The second-order valence-corrected chi connectivity index (χ2v) is 7.83. The molecule has 1 aliphatic carbocycles. The zero-order valence-electron chi connectivity index (χ0n) is 13.3. The van der Waals surface area contributed by atoms with Gasteiger partial charge in [-0.05, 0) is 38.5 Å². The lowest BCUT2D eigenvalue weighted by atomic mass is 9.76. The van der Waals surface area contributed by atoms with Gasteiger partial charge in [0.05, 0.1) is 10.7 Å². The summed E-state index contributed by atoms with van der Waals surface area (Å²) in [5.74, 6) is 1.69. The molecule has 114 valence electrons. The van der Waals surface area contributed by atoms with Gasteiger partial charge in [0, 0.05) is 17.3 Å². The highest BCUT2D eigenvalue weighted by Crippen LogP contribution is 2.34. The largest absolute Gasteiger partial charge is 0.327 e. The second-order valence-electron chi connectivity index (χ2n) is 6.54. The van der Waals surface area contributed by atoms with Crippen LogP contribution in [-0.4, -0.2) is 11.0 Å². The predicted octanol–water partition coefficient (Wildman–Crippen LogP) is 4.63. The standard InChI is InChI=1S/C17H30N2S/c1-4-5-6-14-7-9-15(10-8-14)16(18)11-17-19-12(2)13(3)20-17/h14-16H,4-11,18H2,1-3H3. The van der Waals surface area contributed by atoms with Crippen molar-refractivity contribution in [3.63, 3.8) is 0 Å². The van der Waals surface area contributed by atoms with E-state index >= 15 is 0 Å². The van der Waals surface area contributed by atoms with Gasteiger partial charge in [0.25, 0.3) is 0 Å². The van der Waals surface area contributed by atoms with Crippen LogP contribution in [0.25, 0.3) is 0 Å². The van der Waals surface area contributed by atoms with E-state index in [2.05, 4.69) is 25.8 Å². The lowest BCUT2D eigenvalue weighted by molar-refractivity contribution is 0.230. The molecular weight excluding hydrogens is 264 g/mol. The minimum atomic E-state index is 0.312. The minimum absolute atomic E-state index is 0.312. The summed E-state index contributed by atoms with van der Waals surface area (Å²) in [5, 5.41) is 1.24. The highest BCUT2D eigenvalue weighted by atomic mass is 32.1. The fourth-order valence-electron chi connectivity index (χ4n) is 3.39. The Bertz CT molecular complexity index is 386. The van der Waals surface area contributed by atoms with E-state index in [4.69, 9.17) is 5.73 Å². The number of nitrogens with zero attached hydrogens (tertiary/aromatic N) is 1. The number of hydrogen-bond donors (Lipinski definition) is 1. The normalized spacial score (nSPS) is 24.8. The van der Waals surface area contributed by atoms with E-state index in [9.17, 15) is 0 Å². The Morgan fingerprint density at radius 3 is 2.50 bits per heavy atom. The average Bonchev–Trinajstić information content (AvgIpc) is 2.75.